The molecule has 0 saturated carbocycles. The van der Waals surface area contributed by atoms with Crippen molar-refractivity contribution in [1.29, 1.82) is 0 Å². The summed E-state index contributed by atoms with van der Waals surface area (Å²) in [4.78, 5) is 13.0. The fourth-order valence-corrected chi connectivity index (χ4v) is 4.05. The fraction of sp³-hybridized carbons (Fsp3) is 0.286. The van der Waals surface area contributed by atoms with Gasteiger partial charge >= 0.3 is 0 Å². The number of aliphatic hydroxyl groups is 1. The van der Waals surface area contributed by atoms with Gasteiger partial charge in [-0.3, -0.25) is 4.79 Å². The van der Waals surface area contributed by atoms with Crippen LogP contribution in [0.15, 0.2) is 53.9 Å². The SMILES string of the molecule is CC(C)(C)C(NC(=O)c1csc2ccccc12)c1ccc(C(O)NO)cc1. The third-order valence-corrected chi connectivity index (χ3v) is 5.54. The number of carbonyl (C=O) groups excluding carboxylic acids is 1. The number of fused-ring (bicyclic) bond motifs is 1. The van der Waals surface area contributed by atoms with Crippen LogP contribution < -0.4 is 10.8 Å². The first-order valence-electron chi connectivity index (χ1n) is 8.76. The van der Waals surface area contributed by atoms with Gasteiger partial charge < -0.3 is 15.6 Å². The number of hydrogen-bond acceptors (Lipinski definition) is 5. The van der Waals surface area contributed by atoms with Crippen LogP contribution in [0.4, 0.5) is 0 Å². The molecule has 6 heteroatoms. The molecule has 1 amide bonds. The lowest BCUT2D eigenvalue weighted by Crippen LogP contribution is -2.36. The van der Waals surface area contributed by atoms with E-state index in [-0.39, 0.29) is 17.4 Å². The van der Waals surface area contributed by atoms with Gasteiger partial charge in [-0.25, -0.2) is 0 Å². The number of nitrogens with one attached hydrogen (secondary N) is 2. The summed E-state index contributed by atoms with van der Waals surface area (Å²) in [6, 6.07) is 14.8. The van der Waals surface area contributed by atoms with Gasteiger partial charge in [0, 0.05) is 15.5 Å². The highest BCUT2D eigenvalue weighted by Gasteiger charge is 2.29. The number of carbonyl (C=O) groups is 1. The van der Waals surface area contributed by atoms with Gasteiger partial charge in [-0.05, 0) is 22.6 Å². The molecule has 0 bridgehead atoms. The Morgan fingerprint density at radius 2 is 1.67 bits per heavy atom. The van der Waals surface area contributed by atoms with E-state index in [1.54, 1.807) is 23.5 Å². The normalized spacial score (nSPS) is 14.1. The highest BCUT2D eigenvalue weighted by Crippen LogP contribution is 2.34. The lowest BCUT2D eigenvalue weighted by atomic mass is 9.82. The first-order chi connectivity index (χ1) is 12.8. The predicted molar refractivity (Wildman–Crippen MR) is 108 cm³/mol. The van der Waals surface area contributed by atoms with Crippen molar-refractivity contribution >= 4 is 27.3 Å². The number of hydrogen-bond donors (Lipinski definition) is 4. The standard InChI is InChI=1S/C21H24N2O3S/c1-21(2,3)18(13-8-10-14(11-9-13)19(24)23-26)22-20(25)16-12-27-17-7-5-4-6-15(16)17/h4-12,18-19,23-24,26H,1-3H3,(H,22,25). The van der Waals surface area contributed by atoms with Gasteiger partial charge in [0.25, 0.3) is 5.91 Å². The van der Waals surface area contributed by atoms with Crippen LogP contribution in [-0.2, 0) is 0 Å². The Morgan fingerprint density at radius 3 is 2.30 bits per heavy atom. The summed E-state index contributed by atoms with van der Waals surface area (Å²) < 4.78 is 1.09. The molecule has 0 radical (unpaired) electrons. The van der Waals surface area contributed by atoms with Crippen molar-refractivity contribution in [1.82, 2.24) is 10.8 Å². The predicted octanol–water partition coefficient (Wildman–Crippen LogP) is 4.39. The summed E-state index contributed by atoms with van der Waals surface area (Å²) in [6.07, 6.45) is -1.14. The molecule has 5 nitrogen and oxygen atoms in total. The van der Waals surface area contributed by atoms with E-state index in [0.717, 1.165) is 15.6 Å². The maximum absolute atomic E-state index is 13.0. The topological polar surface area (TPSA) is 81.6 Å². The number of benzene rings is 2. The van der Waals surface area contributed by atoms with E-state index in [2.05, 4.69) is 26.1 Å². The molecule has 3 aromatic rings. The van der Waals surface area contributed by atoms with Crippen molar-refractivity contribution in [3.05, 3.63) is 70.6 Å². The van der Waals surface area contributed by atoms with Gasteiger partial charge in [-0.1, -0.05) is 63.2 Å². The van der Waals surface area contributed by atoms with Crippen LogP contribution in [0.25, 0.3) is 10.1 Å². The largest absolute Gasteiger partial charge is 0.372 e. The Kier molecular flexibility index (Phi) is 5.62. The average Bonchev–Trinajstić information content (AvgIpc) is 3.09. The average molecular weight is 385 g/mol. The third-order valence-electron chi connectivity index (χ3n) is 4.57. The van der Waals surface area contributed by atoms with Gasteiger partial charge in [-0.15, -0.1) is 11.3 Å². The van der Waals surface area contributed by atoms with Crippen LogP contribution in [0.2, 0.25) is 0 Å². The molecule has 4 N–H and O–H groups in total. The second kappa shape index (κ2) is 7.78. The van der Waals surface area contributed by atoms with Crippen LogP contribution in [0, 0.1) is 5.41 Å². The van der Waals surface area contributed by atoms with Gasteiger partial charge in [0.2, 0.25) is 0 Å². The smallest absolute Gasteiger partial charge is 0.253 e. The van der Waals surface area contributed by atoms with Gasteiger partial charge in [0.05, 0.1) is 11.6 Å². The molecule has 0 fully saturated rings. The summed E-state index contributed by atoms with van der Waals surface area (Å²) in [5.74, 6) is -0.103. The summed E-state index contributed by atoms with van der Waals surface area (Å²) in [7, 11) is 0. The zero-order valence-corrected chi connectivity index (χ0v) is 16.4. The Labute approximate surface area is 162 Å². The maximum Gasteiger partial charge on any atom is 0.253 e. The highest BCUT2D eigenvalue weighted by atomic mass is 32.1. The van der Waals surface area contributed by atoms with E-state index in [9.17, 15) is 9.90 Å². The Balaban J connectivity index is 1.88. The molecule has 0 aliphatic rings. The van der Waals surface area contributed by atoms with Crippen LogP contribution in [0.3, 0.4) is 0 Å². The molecule has 27 heavy (non-hydrogen) atoms. The number of hydroxylamine groups is 1. The fourth-order valence-electron chi connectivity index (χ4n) is 3.11. The zero-order chi connectivity index (χ0) is 19.6. The minimum absolute atomic E-state index is 0.103. The summed E-state index contributed by atoms with van der Waals surface area (Å²) >= 11 is 1.56. The molecule has 0 aliphatic heterocycles. The van der Waals surface area contributed by atoms with Crippen LogP contribution in [-0.4, -0.2) is 16.2 Å². The van der Waals surface area contributed by atoms with Crippen LogP contribution in [0.1, 0.15) is 54.5 Å². The molecule has 1 aromatic heterocycles. The summed E-state index contributed by atoms with van der Waals surface area (Å²) in [5.41, 5.74) is 3.77. The Hall–Kier alpha value is -2.25. The second-order valence-electron chi connectivity index (χ2n) is 7.62. The molecule has 0 aliphatic carbocycles. The summed E-state index contributed by atoms with van der Waals surface area (Å²) in [5, 5.41) is 24.5. The van der Waals surface area contributed by atoms with Gasteiger partial charge in [-0.2, -0.15) is 5.48 Å². The highest BCUT2D eigenvalue weighted by molar-refractivity contribution is 7.17. The minimum atomic E-state index is -1.14. The monoisotopic (exact) mass is 384 g/mol. The molecule has 2 aromatic carbocycles. The van der Waals surface area contributed by atoms with Crippen molar-refractivity contribution in [3.8, 4) is 0 Å². The van der Waals surface area contributed by atoms with Gasteiger partial charge in [0.1, 0.15) is 0 Å². The number of amides is 1. The van der Waals surface area contributed by atoms with Crippen LogP contribution in [0.5, 0.6) is 0 Å². The third kappa shape index (κ3) is 4.20. The molecular weight excluding hydrogens is 360 g/mol. The molecule has 0 saturated heterocycles. The van der Waals surface area contributed by atoms with E-state index in [4.69, 9.17) is 5.21 Å². The molecule has 0 spiro atoms. The van der Waals surface area contributed by atoms with Crippen molar-refractivity contribution in [2.45, 2.75) is 33.0 Å². The molecular formula is C21H24N2O3S. The molecule has 2 atom stereocenters. The molecule has 3 rings (SSSR count). The zero-order valence-electron chi connectivity index (χ0n) is 15.6. The Bertz CT molecular complexity index is 928. The summed E-state index contributed by atoms with van der Waals surface area (Å²) in [6.45, 7) is 6.21. The number of thiophene rings is 1. The molecule has 1 heterocycles. The van der Waals surface area contributed by atoms with E-state index in [0.29, 0.717) is 11.1 Å². The van der Waals surface area contributed by atoms with Crippen molar-refractivity contribution in [2.24, 2.45) is 5.41 Å². The van der Waals surface area contributed by atoms with Crippen molar-refractivity contribution in [2.75, 3.05) is 0 Å². The lowest BCUT2D eigenvalue weighted by molar-refractivity contribution is 0.000680. The van der Waals surface area contributed by atoms with E-state index >= 15 is 0 Å². The van der Waals surface area contributed by atoms with Gasteiger partial charge in [0.15, 0.2) is 6.23 Å². The van der Waals surface area contributed by atoms with E-state index in [1.165, 1.54) is 0 Å². The molecule has 2 unspecified atom stereocenters. The van der Waals surface area contributed by atoms with E-state index in [1.807, 2.05) is 47.3 Å². The molecule has 142 valence electrons. The van der Waals surface area contributed by atoms with E-state index < -0.39 is 6.23 Å². The quantitative estimate of drug-likeness (QED) is 0.388. The first kappa shape index (κ1) is 19.5. The number of rotatable bonds is 5. The van der Waals surface area contributed by atoms with Crippen molar-refractivity contribution in [3.63, 3.8) is 0 Å². The van der Waals surface area contributed by atoms with Crippen LogP contribution >= 0.6 is 11.3 Å². The number of aliphatic hydroxyl groups excluding tert-OH is 1. The maximum atomic E-state index is 13.0. The first-order valence-corrected chi connectivity index (χ1v) is 9.64. The minimum Gasteiger partial charge on any atom is -0.372 e. The lowest BCUT2D eigenvalue weighted by Gasteiger charge is -2.32. The second-order valence-corrected chi connectivity index (χ2v) is 8.53. The Morgan fingerprint density at radius 1 is 1.04 bits per heavy atom. The van der Waals surface area contributed by atoms with Crippen molar-refractivity contribution < 1.29 is 15.1 Å².